The van der Waals surface area contributed by atoms with Crippen LogP contribution in [-0.2, 0) is 24.2 Å². The van der Waals surface area contributed by atoms with Gasteiger partial charge in [0.25, 0.3) is 0 Å². The standard InChI is InChI=1S/C22H28N4O3.HI/c1-28-19-8-7-16(13-20(19)29-2)9-11-24-22(23)25-14-21(27)26-12-10-17-5-3-4-6-18(17)15-26;/h3-8,13H,9-12,14-15H2,1-2H3,(H3,23,24,25);1H. The molecule has 0 saturated carbocycles. The summed E-state index contributed by atoms with van der Waals surface area (Å²) < 4.78 is 10.6. The van der Waals surface area contributed by atoms with Crippen molar-refractivity contribution in [2.45, 2.75) is 19.4 Å². The molecule has 0 atom stereocenters. The van der Waals surface area contributed by atoms with Crippen molar-refractivity contribution in [3.8, 4) is 11.5 Å². The van der Waals surface area contributed by atoms with Crippen LogP contribution < -0.4 is 20.5 Å². The number of methoxy groups -OCH3 is 2. The fraction of sp³-hybridized carbons (Fsp3) is 0.364. The maximum Gasteiger partial charge on any atom is 0.244 e. The van der Waals surface area contributed by atoms with E-state index >= 15 is 0 Å². The van der Waals surface area contributed by atoms with Crippen molar-refractivity contribution in [2.24, 2.45) is 10.7 Å². The Morgan fingerprint density at radius 1 is 1.13 bits per heavy atom. The van der Waals surface area contributed by atoms with E-state index in [1.165, 1.54) is 11.1 Å². The summed E-state index contributed by atoms with van der Waals surface area (Å²) in [6, 6.07) is 14.0. The van der Waals surface area contributed by atoms with Crippen LogP contribution in [0.4, 0.5) is 0 Å². The first-order valence-corrected chi connectivity index (χ1v) is 9.70. The highest BCUT2D eigenvalue weighted by Gasteiger charge is 2.19. The number of nitrogens with two attached hydrogens (primary N) is 1. The Bertz CT molecular complexity index is 888. The zero-order chi connectivity index (χ0) is 20.6. The van der Waals surface area contributed by atoms with Gasteiger partial charge in [0.05, 0.1) is 14.2 Å². The predicted octanol–water partition coefficient (Wildman–Crippen LogP) is 2.35. The molecule has 1 amide bonds. The topological polar surface area (TPSA) is 89.2 Å². The lowest BCUT2D eigenvalue weighted by Crippen LogP contribution is -2.39. The Kier molecular flexibility index (Phi) is 9.22. The van der Waals surface area contributed by atoms with Gasteiger partial charge < -0.3 is 25.4 Å². The molecule has 0 aliphatic carbocycles. The Morgan fingerprint density at radius 3 is 2.60 bits per heavy atom. The number of fused-ring (bicyclic) bond motifs is 1. The van der Waals surface area contributed by atoms with Crippen molar-refractivity contribution >= 4 is 35.8 Å². The summed E-state index contributed by atoms with van der Waals surface area (Å²) >= 11 is 0. The lowest BCUT2D eigenvalue weighted by molar-refractivity contribution is -0.130. The third kappa shape index (κ3) is 6.25. The van der Waals surface area contributed by atoms with E-state index in [0.29, 0.717) is 24.6 Å². The third-order valence-electron chi connectivity index (χ3n) is 5.04. The molecule has 162 valence electrons. The molecule has 0 aromatic heterocycles. The number of carbonyl (C=O) groups is 1. The summed E-state index contributed by atoms with van der Waals surface area (Å²) in [6.45, 7) is 2.02. The maximum absolute atomic E-state index is 12.4. The number of nitrogens with one attached hydrogen (secondary N) is 1. The van der Waals surface area contributed by atoms with Crippen molar-refractivity contribution < 1.29 is 14.3 Å². The van der Waals surface area contributed by atoms with E-state index < -0.39 is 0 Å². The quantitative estimate of drug-likeness (QED) is 0.330. The number of hydrogen-bond acceptors (Lipinski definition) is 4. The lowest BCUT2D eigenvalue weighted by atomic mass is 10.00. The van der Waals surface area contributed by atoms with Gasteiger partial charge in [-0.05, 0) is 41.7 Å². The Balaban J connectivity index is 0.00000320. The molecule has 3 rings (SSSR count). The maximum atomic E-state index is 12.4. The molecule has 3 N–H and O–H groups in total. The number of amides is 1. The van der Waals surface area contributed by atoms with Crippen LogP contribution in [0.5, 0.6) is 11.5 Å². The molecule has 0 fully saturated rings. The average molecular weight is 524 g/mol. The van der Waals surface area contributed by atoms with Crippen molar-refractivity contribution in [1.82, 2.24) is 10.2 Å². The molecule has 30 heavy (non-hydrogen) atoms. The second-order valence-corrected chi connectivity index (χ2v) is 6.90. The molecule has 7 nitrogen and oxygen atoms in total. The van der Waals surface area contributed by atoms with Gasteiger partial charge in [-0.2, -0.15) is 0 Å². The minimum Gasteiger partial charge on any atom is -0.493 e. The van der Waals surface area contributed by atoms with E-state index in [-0.39, 0.29) is 42.4 Å². The van der Waals surface area contributed by atoms with Crippen LogP contribution in [-0.4, -0.2) is 50.6 Å². The molecule has 1 heterocycles. The van der Waals surface area contributed by atoms with Crippen molar-refractivity contribution in [2.75, 3.05) is 33.9 Å². The van der Waals surface area contributed by atoms with Gasteiger partial charge in [0.15, 0.2) is 17.5 Å². The monoisotopic (exact) mass is 524 g/mol. The number of hydrogen-bond donors (Lipinski definition) is 2. The summed E-state index contributed by atoms with van der Waals surface area (Å²) in [5.41, 5.74) is 9.53. The van der Waals surface area contributed by atoms with Crippen LogP contribution in [0.2, 0.25) is 0 Å². The second kappa shape index (κ2) is 11.6. The number of guanidine groups is 1. The lowest BCUT2D eigenvalue weighted by Gasteiger charge is -2.28. The predicted molar refractivity (Wildman–Crippen MR) is 129 cm³/mol. The van der Waals surface area contributed by atoms with Crippen molar-refractivity contribution in [1.29, 1.82) is 0 Å². The molecule has 2 aromatic rings. The highest BCUT2D eigenvalue weighted by atomic mass is 127. The average Bonchev–Trinajstić information content (AvgIpc) is 2.76. The summed E-state index contributed by atoms with van der Waals surface area (Å²) in [7, 11) is 3.22. The molecule has 0 unspecified atom stereocenters. The fourth-order valence-electron chi connectivity index (χ4n) is 3.39. The minimum atomic E-state index is -0.0101. The highest BCUT2D eigenvalue weighted by molar-refractivity contribution is 14.0. The molecule has 0 saturated heterocycles. The summed E-state index contributed by atoms with van der Waals surface area (Å²) in [5.74, 6) is 1.66. The third-order valence-corrected chi connectivity index (χ3v) is 5.04. The van der Waals surface area contributed by atoms with Crippen LogP contribution in [0.25, 0.3) is 0 Å². The van der Waals surface area contributed by atoms with Crippen molar-refractivity contribution in [3.05, 3.63) is 59.2 Å². The zero-order valence-corrected chi connectivity index (χ0v) is 19.7. The summed E-state index contributed by atoms with van der Waals surface area (Å²) in [4.78, 5) is 18.5. The Morgan fingerprint density at radius 2 is 1.87 bits per heavy atom. The molecular weight excluding hydrogens is 495 g/mol. The fourth-order valence-corrected chi connectivity index (χ4v) is 3.39. The number of aliphatic imine (C=N–C) groups is 1. The number of nitrogens with zero attached hydrogens (tertiary/aromatic N) is 2. The summed E-state index contributed by atoms with van der Waals surface area (Å²) in [6.07, 6.45) is 1.62. The van der Waals surface area contributed by atoms with Gasteiger partial charge in [0.2, 0.25) is 5.91 Å². The van der Waals surface area contributed by atoms with Gasteiger partial charge in [0.1, 0.15) is 6.54 Å². The van der Waals surface area contributed by atoms with Gasteiger partial charge in [-0.15, -0.1) is 24.0 Å². The molecule has 2 aromatic carbocycles. The minimum absolute atomic E-state index is 0. The molecule has 0 bridgehead atoms. The van der Waals surface area contributed by atoms with Gasteiger partial charge in [-0.25, -0.2) is 4.99 Å². The molecule has 1 aliphatic heterocycles. The first kappa shape index (κ1) is 23.8. The van der Waals surface area contributed by atoms with Crippen LogP contribution in [0, 0.1) is 0 Å². The van der Waals surface area contributed by atoms with E-state index in [2.05, 4.69) is 22.4 Å². The molecule has 1 aliphatic rings. The van der Waals surface area contributed by atoms with E-state index in [9.17, 15) is 4.79 Å². The molecular formula is C22H29IN4O3. The van der Waals surface area contributed by atoms with E-state index in [1.54, 1.807) is 14.2 Å². The number of carbonyl (C=O) groups excluding carboxylic acids is 1. The van der Waals surface area contributed by atoms with E-state index in [0.717, 1.165) is 24.9 Å². The first-order chi connectivity index (χ1) is 14.1. The SMILES string of the molecule is COc1ccc(CCNC(N)=NCC(=O)N2CCc3ccccc3C2)cc1OC.I. The molecule has 0 spiro atoms. The zero-order valence-electron chi connectivity index (χ0n) is 17.4. The van der Waals surface area contributed by atoms with Crippen LogP contribution in [0.1, 0.15) is 16.7 Å². The second-order valence-electron chi connectivity index (χ2n) is 6.90. The van der Waals surface area contributed by atoms with Gasteiger partial charge in [0, 0.05) is 19.6 Å². The normalized spacial score (nSPS) is 13.1. The first-order valence-electron chi connectivity index (χ1n) is 9.70. The number of rotatable bonds is 7. The van der Waals surface area contributed by atoms with Gasteiger partial charge in [-0.3, -0.25) is 4.79 Å². The van der Waals surface area contributed by atoms with Gasteiger partial charge in [-0.1, -0.05) is 30.3 Å². The number of benzene rings is 2. The smallest absolute Gasteiger partial charge is 0.244 e. The highest BCUT2D eigenvalue weighted by Crippen LogP contribution is 2.27. The Labute approximate surface area is 194 Å². The van der Waals surface area contributed by atoms with Crippen LogP contribution >= 0.6 is 24.0 Å². The molecule has 0 radical (unpaired) electrons. The van der Waals surface area contributed by atoms with E-state index in [4.69, 9.17) is 15.2 Å². The van der Waals surface area contributed by atoms with Crippen molar-refractivity contribution in [3.63, 3.8) is 0 Å². The number of halogens is 1. The Hall–Kier alpha value is -2.49. The van der Waals surface area contributed by atoms with Crippen LogP contribution in [0.15, 0.2) is 47.5 Å². The number of ether oxygens (including phenoxy) is 2. The largest absolute Gasteiger partial charge is 0.493 e. The van der Waals surface area contributed by atoms with E-state index in [1.807, 2.05) is 35.2 Å². The molecule has 8 heteroatoms. The van der Waals surface area contributed by atoms with Gasteiger partial charge >= 0.3 is 0 Å². The summed E-state index contributed by atoms with van der Waals surface area (Å²) in [5, 5.41) is 3.06. The van der Waals surface area contributed by atoms with Crippen LogP contribution in [0.3, 0.4) is 0 Å².